The summed E-state index contributed by atoms with van der Waals surface area (Å²) in [7, 11) is 0. The first-order valence-corrected chi connectivity index (χ1v) is 6.88. The summed E-state index contributed by atoms with van der Waals surface area (Å²) in [6.45, 7) is 4.00. The second-order valence-electron chi connectivity index (χ2n) is 5.39. The van der Waals surface area contributed by atoms with Crippen LogP contribution in [0.1, 0.15) is 39.5 Å². The van der Waals surface area contributed by atoms with Crippen molar-refractivity contribution >= 4 is 12.0 Å². The molecule has 0 saturated carbocycles. The Morgan fingerprint density at radius 3 is 2.53 bits per heavy atom. The van der Waals surface area contributed by atoms with Crippen LogP contribution in [0, 0.1) is 5.92 Å². The number of aliphatic carboxylic acids is 1. The van der Waals surface area contributed by atoms with E-state index in [0.717, 1.165) is 25.7 Å². The van der Waals surface area contributed by atoms with Gasteiger partial charge in [0.25, 0.3) is 0 Å². The number of carboxylic acids is 1. The van der Waals surface area contributed by atoms with Gasteiger partial charge < -0.3 is 20.4 Å². The topological polar surface area (TPSA) is 89.9 Å². The molecule has 1 aliphatic rings. The SMILES string of the molecule is CC(C)[C@@H](NC(=O)N1CCCCCC1CO)C(=O)O. The Kier molecular flexibility index (Phi) is 6.08. The third-order valence-corrected chi connectivity index (χ3v) is 3.56. The molecule has 1 heterocycles. The highest BCUT2D eigenvalue weighted by Gasteiger charge is 2.29. The fourth-order valence-corrected chi connectivity index (χ4v) is 2.36. The van der Waals surface area contributed by atoms with E-state index in [4.69, 9.17) is 5.11 Å². The predicted octanol–water partition coefficient (Wildman–Crippen LogP) is 1.04. The number of nitrogens with one attached hydrogen (secondary N) is 1. The van der Waals surface area contributed by atoms with Gasteiger partial charge in [0.1, 0.15) is 6.04 Å². The molecule has 1 saturated heterocycles. The van der Waals surface area contributed by atoms with Gasteiger partial charge in [-0.15, -0.1) is 0 Å². The van der Waals surface area contributed by atoms with E-state index in [-0.39, 0.29) is 24.6 Å². The number of rotatable bonds is 4. The highest BCUT2D eigenvalue weighted by molar-refractivity contribution is 5.83. The molecule has 110 valence electrons. The lowest BCUT2D eigenvalue weighted by Crippen LogP contribution is -2.53. The summed E-state index contributed by atoms with van der Waals surface area (Å²) in [5.74, 6) is -1.21. The third-order valence-electron chi connectivity index (χ3n) is 3.56. The molecular formula is C13H24N2O4. The van der Waals surface area contributed by atoms with E-state index in [2.05, 4.69) is 5.32 Å². The van der Waals surface area contributed by atoms with Crippen LogP contribution >= 0.6 is 0 Å². The van der Waals surface area contributed by atoms with Crippen molar-refractivity contribution in [1.82, 2.24) is 10.2 Å². The van der Waals surface area contributed by atoms with Crippen LogP contribution in [0.3, 0.4) is 0 Å². The van der Waals surface area contributed by atoms with Crippen molar-refractivity contribution in [2.75, 3.05) is 13.2 Å². The van der Waals surface area contributed by atoms with Crippen molar-refractivity contribution in [3.8, 4) is 0 Å². The minimum Gasteiger partial charge on any atom is -0.480 e. The lowest BCUT2D eigenvalue weighted by Gasteiger charge is -2.30. The number of amides is 2. The van der Waals surface area contributed by atoms with Gasteiger partial charge in [-0.25, -0.2) is 9.59 Å². The molecule has 0 aromatic heterocycles. The molecule has 3 N–H and O–H groups in total. The quantitative estimate of drug-likeness (QED) is 0.713. The number of likely N-dealkylation sites (tertiary alicyclic amines) is 1. The molecule has 0 aromatic rings. The molecule has 0 radical (unpaired) electrons. The molecule has 1 rings (SSSR count). The van der Waals surface area contributed by atoms with E-state index >= 15 is 0 Å². The Hall–Kier alpha value is -1.30. The number of hydrogen-bond acceptors (Lipinski definition) is 3. The molecule has 19 heavy (non-hydrogen) atoms. The van der Waals surface area contributed by atoms with Gasteiger partial charge in [-0.3, -0.25) is 0 Å². The summed E-state index contributed by atoms with van der Waals surface area (Å²) >= 11 is 0. The van der Waals surface area contributed by atoms with Crippen LogP contribution in [0.2, 0.25) is 0 Å². The largest absolute Gasteiger partial charge is 0.480 e. The van der Waals surface area contributed by atoms with Crippen molar-refractivity contribution in [2.24, 2.45) is 5.92 Å². The Bertz CT molecular complexity index is 320. The Labute approximate surface area is 113 Å². The number of carboxylic acid groups (broad SMARTS) is 1. The highest BCUT2D eigenvalue weighted by atomic mass is 16.4. The molecular weight excluding hydrogens is 248 g/mol. The maximum Gasteiger partial charge on any atom is 0.326 e. The van der Waals surface area contributed by atoms with E-state index in [1.54, 1.807) is 18.7 Å². The lowest BCUT2D eigenvalue weighted by molar-refractivity contribution is -0.140. The first-order chi connectivity index (χ1) is 8.97. The van der Waals surface area contributed by atoms with Gasteiger partial charge in [0.05, 0.1) is 12.6 Å². The van der Waals surface area contributed by atoms with Crippen LogP contribution in [0.5, 0.6) is 0 Å². The van der Waals surface area contributed by atoms with Gasteiger partial charge in [0.2, 0.25) is 0 Å². The molecule has 2 amide bonds. The summed E-state index contributed by atoms with van der Waals surface area (Å²) < 4.78 is 0. The zero-order chi connectivity index (χ0) is 14.4. The Morgan fingerprint density at radius 1 is 1.32 bits per heavy atom. The van der Waals surface area contributed by atoms with E-state index in [1.165, 1.54) is 0 Å². The highest BCUT2D eigenvalue weighted by Crippen LogP contribution is 2.17. The van der Waals surface area contributed by atoms with E-state index in [1.807, 2.05) is 0 Å². The minimum absolute atomic E-state index is 0.0766. The first kappa shape index (κ1) is 15.8. The van der Waals surface area contributed by atoms with Crippen LogP contribution in [-0.4, -0.2) is 52.3 Å². The van der Waals surface area contributed by atoms with Crippen molar-refractivity contribution in [3.05, 3.63) is 0 Å². The smallest absolute Gasteiger partial charge is 0.326 e. The molecule has 1 unspecified atom stereocenters. The van der Waals surface area contributed by atoms with E-state index in [0.29, 0.717) is 6.54 Å². The summed E-state index contributed by atoms with van der Waals surface area (Å²) in [4.78, 5) is 24.9. The molecule has 0 bridgehead atoms. The fraction of sp³-hybridized carbons (Fsp3) is 0.846. The minimum atomic E-state index is -1.03. The number of nitrogens with zero attached hydrogens (tertiary/aromatic N) is 1. The maximum atomic E-state index is 12.2. The zero-order valence-corrected chi connectivity index (χ0v) is 11.6. The Morgan fingerprint density at radius 2 is 2.00 bits per heavy atom. The van der Waals surface area contributed by atoms with Crippen molar-refractivity contribution in [2.45, 2.75) is 51.6 Å². The Balaban J connectivity index is 2.70. The molecule has 0 aliphatic carbocycles. The zero-order valence-electron chi connectivity index (χ0n) is 11.6. The lowest BCUT2D eigenvalue weighted by atomic mass is 10.1. The molecule has 1 aliphatic heterocycles. The third kappa shape index (κ3) is 4.38. The number of aliphatic hydroxyl groups is 1. The van der Waals surface area contributed by atoms with Gasteiger partial charge in [-0.05, 0) is 18.8 Å². The van der Waals surface area contributed by atoms with Gasteiger partial charge in [-0.2, -0.15) is 0 Å². The van der Waals surface area contributed by atoms with Crippen molar-refractivity contribution < 1.29 is 19.8 Å². The number of urea groups is 1. The normalized spacial score (nSPS) is 21.9. The molecule has 6 heteroatoms. The molecule has 0 spiro atoms. The number of carbonyl (C=O) groups excluding carboxylic acids is 1. The molecule has 1 fully saturated rings. The maximum absolute atomic E-state index is 12.2. The van der Waals surface area contributed by atoms with Gasteiger partial charge in [-0.1, -0.05) is 26.7 Å². The number of hydrogen-bond donors (Lipinski definition) is 3. The monoisotopic (exact) mass is 272 g/mol. The summed E-state index contributed by atoms with van der Waals surface area (Å²) in [6, 6.07) is -1.48. The van der Waals surface area contributed by atoms with Crippen molar-refractivity contribution in [3.63, 3.8) is 0 Å². The molecule has 6 nitrogen and oxygen atoms in total. The second-order valence-corrected chi connectivity index (χ2v) is 5.39. The average molecular weight is 272 g/mol. The van der Waals surface area contributed by atoms with Crippen LogP contribution in [0.25, 0.3) is 0 Å². The van der Waals surface area contributed by atoms with Gasteiger partial charge in [0, 0.05) is 6.54 Å². The van der Waals surface area contributed by atoms with E-state index in [9.17, 15) is 14.7 Å². The fourth-order valence-electron chi connectivity index (χ4n) is 2.36. The first-order valence-electron chi connectivity index (χ1n) is 6.88. The predicted molar refractivity (Wildman–Crippen MR) is 70.8 cm³/mol. The molecule has 2 atom stereocenters. The second kappa shape index (κ2) is 7.33. The summed E-state index contributed by atoms with van der Waals surface area (Å²) in [5, 5.41) is 21.0. The van der Waals surface area contributed by atoms with E-state index < -0.39 is 12.0 Å². The van der Waals surface area contributed by atoms with Crippen LogP contribution in [-0.2, 0) is 4.79 Å². The average Bonchev–Trinajstić information content (AvgIpc) is 2.59. The standard InChI is InChI=1S/C13H24N2O4/c1-9(2)11(12(17)18)14-13(19)15-7-5-3-4-6-10(15)8-16/h9-11,16H,3-8H2,1-2H3,(H,14,19)(H,17,18)/t10?,11-/m1/s1. The summed E-state index contributed by atoms with van der Waals surface area (Å²) in [6.07, 6.45) is 3.68. The number of aliphatic hydroxyl groups excluding tert-OH is 1. The summed E-state index contributed by atoms with van der Waals surface area (Å²) in [5.41, 5.74) is 0. The van der Waals surface area contributed by atoms with Gasteiger partial charge >= 0.3 is 12.0 Å². The van der Waals surface area contributed by atoms with Crippen LogP contribution in [0.15, 0.2) is 0 Å². The van der Waals surface area contributed by atoms with Crippen LogP contribution < -0.4 is 5.32 Å². The molecule has 0 aromatic carbocycles. The van der Waals surface area contributed by atoms with Gasteiger partial charge in [0.15, 0.2) is 0 Å². The van der Waals surface area contributed by atoms with Crippen LogP contribution in [0.4, 0.5) is 4.79 Å². The van der Waals surface area contributed by atoms with Crippen molar-refractivity contribution in [1.29, 1.82) is 0 Å². The number of carbonyl (C=O) groups is 2.